The van der Waals surface area contributed by atoms with Gasteiger partial charge in [0, 0.05) is 39.6 Å². The Morgan fingerprint density at radius 1 is 0.919 bits per heavy atom. The van der Waals surface area contributed by atoms with Gasteiger partial charge >= 0.3 is 0 Å². The van der Waals surface area contributed by atoms with E-state index in [1.807, 2.05) is 60.7 Å². The smallest absolute Gasteiger partial charge is 0.257 e. The number of aromatic amines is 1. The summed E-state index contributed by atoms with van der Waals surface area (Å²) in [5.41, 5.74) is 7.00. The van der Waals surface area contributed by atoms with Crippen molar-refractivity contribution in [1.29, 1.82) is 0 Å². The Balaban J connectivity index is 1.46. The number of carbonyl (C=O) groups is 1. The summed E-state index contributed by atoms with van der Waals surface area (Å²) in [7, 11) is 0. The van der Waals surface area contributed by atoms with Crippen molar-refractivity contribution in [3.8, 4) is 0 Å². The van der Waals surface area contributed by atoms with Crippen LogP contribution in [0.3, 0.4) is 0 Å². The summed E-state index contributed by atoms with van der Waals surface area (Å²) < 4.78 is 0. The summed E-state index contributed by atoms with van der Waals surface area (Å²) in [4.78, 5) is 21.8. The standard InChI is InChI=1S/C31H33N5O/c1-30(2)17-21(18-31(3,4)36-30)32-20-14-15-23-22(16-20)27(29(37)35-23)26(19-10-6-5-7-11-19)28-33-24-12-8-9-13-25(24)34-28/h5-16,21,32,36H,17-18H2,1-4H3,(H,33,34)(H,35,37). The summed E-state index contributed by atoms with van der Waals surface area (Å²) in [5, 5.41) is 10.6. The highest BCUT2D eigenvalue weighted by Crippen LogP contribution is 2.41. The number of piperidine rings is 1. The predicted octanol–water partition coefficient (Wildman–Crippen LogP) is 6.20. The molecule has 0 saturated carbocycles. The lowest BCUT2D eigenvalue weighted by Crippen LogP contribution is -2.60. The second-order valence-corrected chi connectivity index (χ2v) is 11.6. The van der Waals surface area contributed by atoms with E-state index in [-0.39, 0.29) is 17.0 Å². The quantitative estimate of drug-likeness (QED) is 0.256. The third kappa shape index (κ3) is 4.53. The normalized spacial score (nSPS) is 19.9. The molecule has 188 valence electrons. The maximum absolute atomic E-state index is 13.5. The number of amides is 1. The number of H-pyrrole nitrogens is 1. The van der Waals surface area contributed by atoms with Gasteiger partial charge < -0.3 is 20.9 Å². The van der Waals surface area contributed by atoms with Crippen LogP contribution in [0.1, 0.15) is 57.5 Å². The number of hydrogen-bond donors (Lipinski definition) is 4. The van der Waals surface area contributed by atoms with E-state index in [2.05, 4.69) is 60.8 Å². The van der Waals surface area contributed by atoms with Crippen molar-refractivity contribution in [3.05, 3.63) is 89.7 Å². The maximum Gasteiger partial charge on any atom is 0.257 e. The molecule has 4 aromatic rings. The molecule has 0 radical (unpaired) electrons. The van der Waals surface area contributed by atoms with Crippen molar-refractivity contribution < 1.29 is 4.79 Å². The number of carbonyl (C=O) groups excluding carboxylic acids is 1. The first-order chi connectivity index (χ1) is 17.7. The van der Waals surface area contributed by atoms with Gasteiger partial charge in [-0.05, 0) is 76.4 Å². The van der Waals surface area contributed by atoms with E-state index in [4.69, 9.17) is 4.98 Å². The highest BCUT2D eigenvalue weighted by molar-refractivity contribution is 6.38. The van der Waals surface area contributed by atoms with Crippen LogP contribution in [0.25, 0.3) is 22.2 Å². The van der Waals surface area contributed by atoms with Crippen LogP contribution in [0.15, 0.2) is 72.8 Å². The van der Waals surface area contributed by atoms with Crippen LogP contribution < -0.4 is 16.0 Å². The van der Waals surface area contributed by atoms with Crippen LogP contribution >= 0.6 is 0 Å². The van der Waals surface area contributed by atoms with Gasteiger partial charge in [-0.3, -0.25) is 4.79 Å². The van der Waals surface area contributed by atoms with Gasteiger partial charge in [0.15, 0.2) is 0 Å². The molecule has 3 aromatic carbocycles. The Bertz CT molecular complexity index is 1480. The van der Waals surface area contributed by atoms with E-state index in [1.54, 1.807) is 0 Å². The minimum atomic E-state index is -0.115. The molecule has 2 aliphatic heterocycles. The second kappa shape index (κ2) is 8.60. The molecule has 1 saturated heterocycles. The lowest BCUT2D eigenvalue weighted by atomic mass is 9.79. The van der Waals surface area contributed by atoms with Gasteiger partial charge in [-0.15, -0.1) is 0 Å². The molecule has 6 rings (SSSR count). The molecule has 1 amide bonds. The minimum Gasteiger partial charge on any atom is -0.382 e. The SMILES string of the molecule is CC1(C)CC(Nc2ccc3c(c2)C(=C(c2ccccc2)c2nc4ccccc4[nH]2)C(=O)N3)CC(C)(C)N1. The van der Waals surface area contributed by atoms with Crippen molar-refractivity contribution in [2.75, 3.05) is 10.6 Å². The molecule has 6 heteroatoms. The van der Waals surface area contributed by atoms with E-state index < -0.39 is 0 Å². The molecule has 4 N–H and O–H groups in total. The predicted molar refractivity (Wildman–Crippen MR) is 151 cm³/mol. The van der Waals surface area contributed by atoms with Crippen LogP contribution in [0, 0.1) is 0 Å². The van der Waals surface area contributed by atoms with Crippen molar-refractivity contribution in [3.63, 3.8) is 0 Å². The Kier molecular flexibility index (Phi) is 5.46. The second-order valence-electron chi connectivity index (χ2n) is 11.6. The molecule has 37 heavy (non-hydrogen) atoms. The Labute approximate surface area is 217 Å². The number of nitrogens with one attached hydrogen (secondary N) is 4. The van der Waals surface area contributed by atoms with Crippen LogP contribution in [0.4, 0.5) is 11.4 Å². The molecular weight excluding hydrogens is 458 g/mol. The number of rotatable bonds is 4. The first kappa shape index (κ1) is 23.5. The molecule has 2 aliphatic rings. The molecule has 1 fully saturated rings. The summed E-state index contributed by atoms with van der Waals surface area (Å²) in [6.07, 6.45) is 2.03. The molecule has 0 spiro atoms. The van der Waals surface area contributed by atoms with Crippen molar-refractivity contribution in [2.45, 2.75) is 57.7 Å². The average Bonchev–Trinajstić information content (AvgIpc) is 3.39. The summed E-state index contributed by atoms with van der Waals surface area (Å²) in [6, 6.07) is 24.5. The third-order valence-electron chi connectivity index (χ3n) is 7.26. The lowest BCUT2D eigenvalue weighted by Gasteiger charge is -2.47. The van der Waals surface area contributed by atoms with Crippen LogP contribution in [0.5, 0.6) is 0 Å². The molecule has 0 aliphatic carbocycles. The van der Waals surface area contributed by atoms with E-state index in [0.29, 0.717) is 17.4 Å². The first-order valence-corrected chi connectivity index (χ1v) is 12.9. The van der Waals surface area contributed by atoms with Crippen LogP contribution in [-0.4, -0.2) is 33.0 Å². The number of fused-ring (bicyclic) bond motifs is 2. The Morgan fingerprint density at radius 3 is 2.35 bits per heavy atom. The number of anilines is 2. The molecule has 1 aromatic heterocycles. The van der Waals surface area contributed by atoms with Gasteiger partial charge in [0.25, 0.3) is 5.91 Å². The number of aromatic nitrogens is 2. The first-order valence-electron chi connectivity index (χ1n) is 12.9. The fourth-order valence-electron chi connectivity index (χ4n) is 6.24. The van der Waals surface area contributed by atoms with E-state index in [0.717, 1.165) is 51.9 Å². The maximum atomic E-state index is 13.5. The summed E-state index contributed by atoms with van der Waals surface area (Å²) in [5.74, 6) is 0.571. The molecule has 6 nitrogen and oxygen atoms in total. The molecule has 0 unspecified atom stereocenters. The lowest BCUT2D eigenvalue weighted by molar-refractivity contribution is -0.110. The largest absolute Gasteiger partial charge is 0.382 e. The Hall–Kier alpha value is -3.90. The molecular formula is C31H33N5O. The average molecular weight is 492 g/mol. The van der Waals surface area contributed by atoms with Gasteiger partial charge in [-0.25, -0.2) is 4.98 Å². The third-order valence-corrected chi connectivity index (χ3v) is 7.26. The van der Waals surface area contributed by atoms with E-state index in [9.17, 15) is 4.79 Å². The van der Waals surface area contributed by atoms with Crippen molar-refractivity contribution in [2.24, 2.45) is 0 Å². The summed E-state index contributed by atoms with van der Waals surface area (Å²) >= 11 is 0. The fourth-order valence-corrected chi connectivity index (χ4v) is 6.24. The highest BCUT2D eigenvalue weighted by Gasteiger charge is 2.38. The van der Waals surface area contributed by atoms with Crippen LogP contribution in [0.2, 0.25) is 0 Å². The van der Waals surface area contributed by atoms with E-state index in [1.165, 1.54) is 0 Å². The number of para-hydroxylation sites is 2. The highest BCUT2D eigenvalue weighted by atomic mass is 16.2. The monoisotopic (exact) mass is 491 g/mol. The number of hydrogen-bond acceptors (Lipinski definition) is 4. The van der Waals surface area contributed by atoms with E-state index >= 15 is 0 Å². The zero-order valence-corrected chi connectivity index (χ0v) is 21.8. The van der Waals surface area contributed by atoms with Crippen LogP contribution in [-0.2, 0) is 4.79 Å². The topological polar surface area (TPSA) is 81.8 Å². The van der Waals surface area contributed by atoms with Crippen molar-refractivity contribution >= 4 is 39.5 Å². The number of imidazole rings is 1. The number of nitrogens with zero attached hydrogens (tertiary/aromatic N) is 1. The van der Waals surface area contributed by atoms with Gasteiger partial charge in [0.05, 0.1) is 16.6 Å². The summed E-state index contributed by atoms with van der Waals surface area (Å²) in [6.45, 7) is 9.03. The van der Waals surface area contributed by atoms with Gasteiger partial charge in [0.1, 0.15) is 5.82 Å². The van der Waals surface area contributed by atoms with Gasteiger partial charge in [-0.2, -0.15) is 0 Å². The fraction of sp³-hybridized carbons (Fsp3) is 0.290. The Morgan fingerprint density at radius 2 is 1.62 bits per heavy atom. The molecule has 0 bridgehead atoms. The van der Waals surface area contributed by atoms with Gasteiger partial charge in [-0.1, -0.05) is 42.5 Å². The molecule has 0 atom stereocenters. The molecule has 3 heterocycles. The minimum absolute atomic E-state index is 0.0422. The zero-order valence-electron chi connectivity index (χ0n) is 21.8. The van der Waals surface area contributed by atoms with Crippen molar-refractivity contribution in [1.82, 2.24) is 15.3 Å². The van der Waals surface area contributed by atoms with Gasteiger partial charge in [0.2, 0.25) is 0 Å². The number of benzene rings is 3. The zero-order chi connectivity index (χ0) is 25.8.